The van der Waals surface area contributed by atoms with Crippen molar-refractivity contribution in [3.8, 4) is 0 Å². The van der Waals surface area contributed by atoms with Gasteiger partial charge in [0.15, 0.2) is 0 Å². The standard InChI is InChI=1S/C5H10O.4H2O/c1-2-3-4-5-6;;;;/h5H,2-4H2,1H3;4*1H2. The van der Waals surface area contributed by atoms with Gasteiger partial charge in [-0.2, -0.15) is 0 Å². The van der Waals surface area contributed by atoms with Crippen LogP contribution in [0, 0.1) is 0 Å². The van der Waals surface area contributed by atoms with Crippen molar-refractivity contribution in [2.75, 3.05) is 0 Å². The molecule has 0 aliphatic rings. The lowest BCUT2D eigenvalue weighted by Gasteiger charge is -1.79. The van der Waals surface area contributed by atoms with Crippen molar-refractivity contribution < 1.29 is 26.7 Å². The molecule has 0 aromatic rings. The van der Waals surface area contributed by atoms with Crippen molar-refractivity contribution in [2.45, 2.75) is 26.2 Å². The molecule has 0 aromatic carbocycles. The smallest absolute Gasteiger partial charge is 0.119 e. The monoisotopic (exact) mass is 158 g/mol. The van der Waals surface area contributed by atoms with Crippen LogP contribution in [-0.2, 0) is 4.79 Å². The van der Waals surface area contributed by atoms with Crippen LogP contribution in [0.2, 0.25) is 0 Å². The molecule has 8 N–H and O–H groups in total. The Morgan fingerprint density at radius 3 is 1.60 bits per heavy atom. The molecule has 5 nitrogen and oxygen atoms in total. The van der Waals surface area contributed by atoms with Crippen molar-refractivity contribution in [1.29, 1.82) is 0 Å². The number of carbonyl (C=O) groups is 1. The van der Waals surface area contributed by atoms with Crippen LogP contribution in [-0.4, -0.2) is 28.2 Å². The summed E-state index contributed by atoms with van der Waals surface area (Å²) in [6.07, 6.45) is 3.86. The molecule has 0 amide bonds. The van der Waals surface area contributed by atoms with E-state index in [2.05, 4.69) is 6.92 Å². The fourth-order valence-electron chi connectivity index (χ4n) is 0.287. The predicted molar refractivity (Wildman–Crippen MR) is 40.0 cm³/mol. The predicted octanol–water partition coefficient (Wildman–Crippen LogP) is -1.92. The van der Waals surface area contributed by atoms with Crippen LogP contribution in [0.4, 0.5) is 0 Å². The van der Waals surface area contributed by atoms with Gasteiger partial charge >= 0.3 is 0 Å². The van der Waals surface area contributed by atoms with Gasteiger partial charge in [0.2, 0.25) is 0 Å². The lowest BCUT2D eigenvalue weighted by Crippen LogP contribution is -1.70. The molecule has 0 aromatic heterocycles. The number of carbonyl (C=O) groups excluding carboxylic acids is 1. The summed E-state index contributed by atoms with van der Waals surface area (Å²) >= 11 is 0. The van der Waals surface area contributed by atoms with E-state index >= 15 is 0 Å². The Hall–Kier alpha value is -0.490. The van der Waals surface area contributed by atoms with E-state index in [1.807, 2.05) is 0 Å². The average molecular weight is 158 g/mol. The minimum atomic E-state index is 0. The van der Waals surface area contributed by atoms with Gasteiger partial charge in [-0.25, -0.2) is 0 Å². The van der Waals surface area contributed by atoms with Gasteiger partial charge in [0.1, 0.15) is 6.29 Å². The third-order valence-corrected chi connectivity index (χ3v) is 0.676. The number of hydrogen-bond donors (Lipinski definition) is 0. The van der Waals surface area contributed by atoms with Crippen molar-refractivity contribution in [2.24, 2.45) is 0 Å². The average Bonchev–Trinajstić information content (AvgIpc) is 1.61. The Morgan fingerprint density at radius 2 is 1.50 bits per heavy atom. The Labute approximate surface area is 60.3 Å². The summed E-state index contributed by atoms with van der Waals surface area (Å²) in [5.74, 6) is 0. The first-order valence-corrected chi connectivity index (χ1v) is 2.35. The molecular formula is C5H18O5. The van der Waals surface area contributed by atoms with E-state index in [0.29, 0.717) is 0 Å². The number of hydrogen-bond acceptors (Lipinski definition) is 1. The van der Waals surface area contributed by atoms with Crippen LogP contribution >= 0.6 is 0 Å². The van der Waals surface area contributed by atoms with E-state index in [0.717, 1.165) is 25.5 Å². The quantitative estimate of drug-likeness (QED) is 0.342. The third-order valence-electron chi connectivity index (χ3n) is 0.676. The first-order chi connectivity index (χ1) is 2.91. The van der Waals surface area contributed by atoms with E-state index in [1.165, 1.54) is 0 Å². The van der Waals surface area contributed by atoms with Crippen molar-refractivity contribution in [3.63, 3.8) is 0 Å². The van der Waals surface area contributed by atoms with E-state index in [4.69, 9.17) is 0 Å². The highest BCUT2D eigenvalue weighted by Crippen LogP contribution is 1.87. The molecule has 0 aliphatic heterocycles. The van der Waals surface area contributed by atoms with Crippen LogP contribution in [0.1, 0.15) is 26.2 Å². The molecular weight excluding hydrogens is 140 g/mol. The summed E-state index contributed by atoms with van der Waals surface area (Å²) < 4.78 is 0. The van der Waals surface area contributed by atoms with E-state index in [1.54, 1.807) is 0 Å². The zero-order valence-corrected chi connectivity index (χ0v) is 6.11. The Balaban J connectivity index is -0.0000000208. The molecule has 0 rings (SSSR count). The summed E-state index contributed by atoms with van der Waals surface area (Å²) in [6, 6.07) is 0. The summed E-state index contributed by atoms with van der Waals surface area (Å²) in [4.78, 5) is 9.56. The molecule has 0 saturated heterocycles. The zero-order valence-electron chi connectivity index (χ0n) is 6.11. The highest BCUT2D eigenvalue weighted by Gasteiger charge is 1.74. The summed E-state index contributed by atoms with van der Waals surface area (Å²) in [5, 5.41) is 0. The summed E-state index contributed by atoms with van der Waals surface area (Å²) in [5.41, 5.74) is 0. The SMILES string of the molecule is CCCCC=O.O.O.O.O. The molecule has 0 atom stereocenters. The maximum Gasteiger partial charge on any atom is 0.119 e. The van der Waals surface area contributed by atoms with Crippen molar-refractivity contribution >= 4 is 6.29 Å². The molecule has 0 fully saturated rings. The van der Waals surface area contributed by atoms with Gasteiger partial charge in [-0.1, -0.05) is 13.3 Å². The van der Waals surface area contributed by atoms with Crippen LogP contribution in [0.25, 0.3) is 0 Å². The van der Waals surface area contributed by atoms with Crippen molar-refractivity contribution in [1.82, 2.24) is 0 Å². The first-order valence-electron chi connectivity index (χ1n) is 2.35. The highest BCUT2D eigenvalue weighted by atomic mass is 16.1. The minimum absolute atomic E-state index is 0. The van der Waals surface area contributed by atoms with Gasteiger partial charge in [-0.05, 0) is 6.42 Å². The molecule has 68 valence electrons. The van der Waals surface area contributed by atoms with E-state index in [9.17, 15) is 4.79 Å². The van der Waals surface area contributed by atoms with Crippen LogP contribution in [0.5, 0.6) is 0 Å². The minimum Gasteiger partial charge on any atom is -0.412 e. The van der Waals surface area contributed by atoms with Gasteiger partial charge < -0.3 is 26.7 Å². The number of rotatable bonds is 3. The van der Waals surface area contributed by atoms with Crippen LogP contribution in [0.3, 0.4) is 0 Å². The Kier molecular flexibility index (Phi) is 132. The zero-order chi connectivity index (χ0) is 4.83. The van der Waals surface area contributed by atoms with Crippen LogP contribution in [0.15, 0.2) is 0 Å². The maximum atomic E-state index is 9.56. The lowest BCUT2D eigenvalue weighted by atomic mass is 10.3. The largest absolute Gasteiger partial charge is 0.412 e. The fraction of sp³-hybridized carbons (Fsp3) is 0.800. The summed E-state index contributed by atoms with van der Waals surface area (Å²) in [6.45, 7) is 2.07. The second kappa shape index (κ2) is 39.0. The van der Waals surface area contributed by atoms with Gasteiger partial charge in [-0.3, -0.25) is 0 Å². The van der Waals surface area contributed by atoms with Gasteiger partial charge in [0, 0.05) is 6.42 Å². The molecule has 10 heavy (non-hydrogen) atoms. The topological polar surface area (TPSA) is 143 Å². The lowest BCUT2D eigenvalue weighted by molar-refractivity contribution is -0.107. The Morgan fingerprint density at radius 1 is 1.10 bits per heavy atom. The fourth-order valence-corrected chi connectivity index (χ4v) is 0.287. The molecule has 0 spiro atoms. The van der Waals surface area contributed by atoms with Crippen LogP contribution < -0.4 is 0 Å². The first kappa shape index (κ1) is 33.9. The second-order valence-corrected chi connectivity index (χ2v) is 1.31. The molecule has 0 unspecified atom stereocenters. The second-order valence-electron chi connectivity index (χ2n) is 1.31. The molecule has 0 heterocycles. The van der Waals surface area contributed by atoms with Gasteiger partial charge in [-0.15, -0.1) is 0 Å². The maximum absolute atomic E-state index is 9.56. The third kappa shape index (κ3) is 50.5. The van der Waals surface area contributed by atoms with Crippen molar-refractivity contribution in [3.05, 3.63) is 0 Å². The number of aldehydes is 1. The molecule has 0 saturated carbocycles. The normalized spacial score (nSPS) is 4.90. The highest BCUT2D eigenvalue weighted by molar-refractivity contribution is 5.48. The van der Waals surface area contributed by atoms with Gasteiger partial charge in [0.05, 0.1) is 0 Å². The van der Waals surface area contributed by atoms with Gasteiger partial charge in [0.25, 0.3) is 0 Å². The number of unbranched alkanes of at least 4 members (excludes halogenated alkanes) is 2. The summed E-state index contributed by atoms with van der Waals surface area (Å²) in [7, 11) is 0. The Bertz CT molecular complexity index is 39.0. The molecule has 0 radical (unpaired) electrons. The molecule has 0 aliphatic carbocycles. The molecule has 5 heteroatoms. The van der Waals surface area contributed by atoms with E-state index in [-0.39, 0.29) is 21.9 Å². The molecule has 0 bridgehead atoms. The van der Waals surface area contributed by atoms with E-state index < -0.39 is 0 Å².